The number of phenolic OH excluding ortho intramolecular Hbond substituents is 1. The van der Waals surface area contributed by atoms with Gasteiger partial charge in [-0.25, -0.2) is 8.42 Å². The third kappa shape index (κ3) is 2.48. The van der Waals surface area contributed by atoms with Crippen molar-refractivity contribution in [1.29, 1.82) is 0 Å². The molecule has 4 nitrogen and oxygen atoms in total. The Labute approximate surface area is 98.5 Å². The van der Waals surface area contributed by atoms with Crippen molar-refractivity contribution in [2.24, 2.45) is 0 Å². The second-order valence-electron chi connectivity index (χ2n) is 3.57. The summed E-state index contributed by atoms with van der Waals surface area (Å²) in [5.74, 6) is 0.0426. The number of anilines is 1. The van der Waals surface area contributed by atoms with Gasteiger partial charge in [0, 0.05) is 10.4 Å². The number of phenols is 1. The number of nitrogens with one attached hydrogen (secondary N) is 1. The van der Waals surface area contributed by atoms with Crippen LogP contribution in [0.5, 0.6) is 5.75 Å². The van der Waals surface area contributed by atoms with Crippen LogP contribution in [0.2, 0.25) is 5.02 Å². The Bertz CT molecular complexity index is 539. The van der Waals surface area contributed by atoms with Gasteiger partial charge in [-0.15, -0.1) is 0 Å². The number of aromatic hydroxyl groups is 1. The van der Waals surface area contributed by atoms with Gasteiger partial charge < -0.3 is 10.4 Å². The summed E-state index contributed by atoms with van der Waals surface area (Å²) in [6, 6.07) is 4.24. The van der Waals surface area contributed by atoms with E-state index in [1.54, 1.807) is 18.2 Å². The lowest BCUT2D eigenvalue weighted by molar-refractivity contribution is 0.477. The summed E-state index contributed by atoms with van der Waals surface area (Å²) >= 11 is 5.77. The number of sulfone groups is 1. The molecule has 16 heavy (non-hydrogen) atoms. The third-order valence-corrected chi connectivity index (χ3v) is 3.86. The maximum atomic E-state index is 11.2. The zero-order chi connectivity index (χ0) is 11.8. The van der Waals surface area contributed by atoms with Crippen LogP contribution in [0.1, 0.15) is 0 Å². The number of hydrogen-bond acceptors (Lipinski definition) is 4. The number of halogens is 1. The molecule has 2 rings (SSSR count). The Kier molecular flexibility index (Phi) is 2.82. The predicted molar refractivity (Wildman–Crippen MR) is 63.5 cm³/mol. The Morgan fingerprint density at radius 1 is 1.44 bits per heavy atom. The fraction of sp³-hybridized carbons (Fsp3) is 0.200. The molecule has 86 valence electrons. The molecule has 0 amide bonds. The quantitative estimate of drug-likeness (QED) is 0.795. The lowest BCUT2D eigenvalue weighted by Gasteiger charge is -2.12. The molecule has 0 saturated carbocycles. The molecule has 1 aromatic rings. The SMILES string of the molecule is O=S1(=O)C=CC(Nc2cc(Cl)ccc2O)C1. The van der Waals surface area contributed by atoms with Crippen molar-refractivity contribution < 1.29 is 13.5 Å². The minimum atomic E-state index is -3.10. The van der Waals surface area contributed by atoms with Gasteiger partial charge in [-0.3, -0.25) is 0 Å². The van der Waals surface area contributed by atoms with Crippen LogP contribution in [0.4, 0.5) is 5.69 Å². The Balaban J connectivity index is 2.17. The fourth-order valence-electron chi connectivity index (χ4n) is 1.49. The Morgan fingerprint density at radius 2 is 2.19 bits per heavy atom. The zero-order valence-corrected chi connectivity index (χ0v) is 9.79. The molecular weight excluding hydrogens is 250 g/mol. The third-order valence-electron chi connectivity index (χ3n) is 2.23. The van der Waals surface area contributed by atoms with Crippen molar-refractivity contribution in [1.82, 2.24) is 0 Å². The van der Waals surface area contributed by atoms with E-state index in [4.69, 9.17) is 11.6 Å². The van der Waals surface area contributed by atoms with Gasteiger partial charge in [0.15, 0.2) is 9.84 Å². The number of hydrogen-bond donors (Lipinski definition) is 2. The van der Waals surface area contributed by atoms with E-state index < -0.39 is 9.84 Å². The fourth-order valence-corrected chi connectivity index (χ4v) is 2.90. The summed E-state index contributed by atoms with van der Waals surface area (Å²) in [5, 5.41) is 14.1. The molecule has 1 atom stereocenters. The number of rotatable bonds is 2. The van der Waals surface area contributed by atoms with Crippen LogP contribution in [0, 0.1) is 0 Å². The first-order valence-corrected chi connectivity index (χ1v) is 6.72. The maximum absolute atomic E-state index is 11.2. The number of benzene rings is 1. The molecule has 0 aliphatic carbocycles. The van der Waals surface area contributed by atoms with Crippen LogP contribution in [-0.4, -0.2) is 25.3 Å². The van der Waals surface area contributed by atoms with E-state index in [1.807, 2.05) is 0 Å². The van der Waals surface area contributed by atoms with Gasteiger partial charge in [0.1, 0.15) is 5.75 Å². The topological polar surface area (TPSA) is 66.4 Å². The zero-order valence-electron chi connectivity index (χ0n) is 8.22. The van der Waals surface area contributed by atoms with Gasteiger partial charge in [-0.05, 0) is 18.2 Å². The molecule has 0 radical (unpaired) electrons. The monoisotopic (exact) mass is 259 g/mol. The van der Waals surface area contributed by atoms with Crippen molar-refractivity contribution in [3.8, 4) is 5.75 Å². The highest BCUT2D eigenvalue weighted by Crippen LogP contribution is 2.28. The second-order valence-corrected chi connectivity index (χ2v) is 5.94. The molecule has 0 aromatic heterocycles. The summed E-state index contributed by atoms with van der Waals surface area (Å²) in [4.78, 5) is 0. The van der Waals surface area contributed by atoms with Gasteiger partial charge in [0.25, 0.3) is 0 Å². The molecule has 1 aliphatic rings. The minimum absolute atomic E-state index is 0.00104. The smallest absolute Gasteiger partial charge is 0.173 e. The van der Waals surface area contributed by atoms with Crippen molar-refractivity contribution in [3.63, 3.8) is 0 Å². The van der Waals surface area contributed by atoms with Crippen LogP contribution >= 0.6 is 11.6 Å². The normalized spacial score (nSPS) is 22.2. The molecule has 1 aromatic carbocycles. The van der Waals surface area contributed by atoms with E-state index >= 15 is 0 Å². The highest BCUT2D eigenvalue weighted by molar-refractivity contribution is 7.94. The summed E-state index contributed by atoms with van der Waals surface area (Å²) in [6.07, 6.45) is 1.55. The van der Waals surface area contributed by atoms with Gasteiger partial charge in [-0.2, -0.15) is 0 Å². The lowest BCUT2D eigenvalue weighted by Crippen LogP contribution is -2.20. The van der Waals surface area contributed by atoms with Gasteiger partial charge in [0.2, 0.25) is 0 Å². The van der Waals surface area contributed by atoms with Gasteiger partial charge >= 0.3 is 0 Å². The first-order valence-electron chi connectivity index (χ1n) is 4.62. The van der Waals surface area contributed by atoms with E-state index in [0.717, 1.165) is 0 Å². The van der Waals surface area contributed by atoms with Crippen LogP contribution in [-0.2, 0) is 9.84 Å². The molecule has 0 fully saturated rings. The molecular formula is C10H10ClNO3S. The van der Waals surface area contributed by atoms with Crippen molar-refractivity contribution in [2.75, 3.05) is 11.1 Å². The van der Waals surface area contributed by atoms with Crippen molar-refractivity contribution >= 4 is 27.1 Å². The summed E-state index contributed by atoms with van der Waals surface area (Å²) in [5.41, 5.74) is 0.430. The summed E-state index contributed by atoms with van der Waals surface area (Å²) < 4.78 is 22.3. The molecule has 0 bridgehead atoms. The molecule has 2 N–H and O–H groups in total. The molecule has 0 saturated heterocycles. The highest BCUT2D eigenvalue weighted by Gasteiger charge is 2.22. The summed E-state index contributed by atoms with van der Waals surface area (Å²) in [6.45, 7) is 0. The van der Waals surface area contributed by atoms with Gasteiger partial charge in [-0.1, -0.05) is 17.7 Å². The predicted octanol–water partition coefficient (Wildman–Crippen LogP) is 1.77. The van der Waals surface area contributed by atoms with E-state index in [-0.39, 0.29) is 17.5 Å². The average Bonchev–Trinajstić information content (AvgIpc) is 2.52. The lowest BCUT2D eigenvalue weighted by atomic mass is 10.2. The molecule has 1 aliphatic heterocycles. The van der Waals surface area contributed by atoms with Gasteiger partial charge in [0.05, 0.1) is 17.5 Å². The van der Waals surface area contributed by atoms with Crippen LogP contribution < -0.4 is 5.32 Å². The first-order chi connectivity index (χ1) is 7.46. The second kappa shape index (κ2) is 3.99. The van der Waals surface area contributed by atoms with E-state index in [1.165, 1.54) is 11.5 Å². The standard InChI is InChI=1S/C10H10ClNO3S/c11-7-1-2-10(13)9(5-7)12-8-3-4-16(14,15)6-8/h1-5,8,12-13H,6H2. The van der Waals surface area contributed by atoms with E-state index in [0.29, 0.717) is 10.7 Å². The van der Waals surface area contributed by atoms with E-state index in [2.05, 4.69) is 5.32 Å². The first kappa shape index (κ1) is 11.3. The van der Waals surface area contributed by atoms with E-state index in [9.17, 15) is 13.5 Å². The van der Waals surface area contributed by atoms with Crippen LogP contribution in [0.3, 0.4) is 0 Å². The average molecular weight is 260 g/mol. The van der Waals surface area contributed by atoms with Crippen LogP contribution in [0.25, 0.3) is 0 Å². The largest absolute Gasteiger partial charge is 0.506 e. The molecule has 6 heteroatoms. The van der Waals surface area contributed by atoms with Crippen molar-refractivity contribution in [3.05, 3.63) is 34.7 Å². The maximum Gasteiger partial charge on any atom is 0.173 e. The Hall–Kier alpha value is -1.20. The highest BCUT2D eigenvalue weighted by atomic mass is 35.5. The van der Waals surface area contributed by atoms with Crippen molar-refractivity contribution in [2.45, 2.75) is 6.04 Å². The minimum Gasteiger partial charge on any atom is -0.506 e. The Morgan fingerprint density at radius 3 is 2.81 bits per heavy atom. The molecule has 0 spiro atoms. The summed E-state index contributed by atoms with van der Waals surface area (Å²) in [7, 11) is -3.10. The van der Waals surface area contributed by atoms with Crippen LogP contribution in [0.15, 0.2) is 29.7 Å². The molecule has 1 heterocycles. The molecule has 1 unspecified atom stereocenters.